The van der Waals surface area contributed by atoms with Crippen molar-refractivity contribution in [1.29, 1.82) is 0 Å². The van der Waals surface area contributed by atoms with E-state index in [2.05, 4.69) is 11.9 Å². The van der Waals surface area contributed by atoms with Gasteiger partial charge < -0.3 is 14.7 Å². The molecule has 1 aliphatic heterocycles. The first-order chi connectivity index (χ1) is 12.7. The summed E-state index contributed by atoms with van der Waals surface area (Å²) < 4.78 is 5.77. The van der Waals surface area contributed by atoms with Gasteiger partial charge in [-0.05, 0) is 42.5 Å². The third-order valence-electron chi connectivity index (χ3n) is 5.32. The first kappa shape index (κ1) is 16.9. The van der Waals surface area contributed by atoms with Gasteiger partial charge in [0.05, 0.1) is 6.54 Å². The topological polar surface area (TPSA) is 62.7 Å². The number of hydrogen-bond acceptors (Lipinski definition) is 4. The van der Waals surface area contributed by atoms with Gasteiger partial charge in [0.15, 0.2) is 11.5 Å². The van der Waals surface area contributed by atoms with E-state index in [1.165, 1.54) is 0 Å². The molecule has 1 amide bonds. The fraction of sp³-hybridized carbons (Fsp3) is 0.429. The Morgan fingerprint density at radius 2 is 2.27 bits per heavy atom. The molecule has 1 N–H and O–H groups in total. The molecule has 0 radical (unpaired) electrons. The van der Waals surface area contributed by atoms with Crippen LogP contribution in [0.25, 0.3) is 11.1 Å². The van der Waals surface area contributed by atoms with Gasteiger partial charge in [-0.1, -0.05) is 19.4 Å². The van der Waals surface area contributed by atoms with E-state index in [-0.39, 0.29) is 17.6 Å². The van der Waals surface area contributed by atoms with Gasteiger partial charge in [-0.2, -0.15) is 0 Å². The highest BCUT2D eigenvalue weighted by Gasteiger charge is 2.44. The number of amides is 1. The monoisotopic (exact) mass is 352 g/mol. The average molecular weight is 352 g/mol. The number of rotatable bonds is 4. The zero-order valence-electron chi connectivity index (χ0n) is 15.0. The number of aromatic nitrogens is 1. The van der Waals surface area contributed by atoms with Crippen LogP contribution in [-0.2, 0) is 11.3 Å². The van der Waals surface area contributed by atoms with Crippen molar-refractivity contribution in [2.24, 2.45) is 11.8 Å². The molecule has 2 aliphatic rings. The third-order valence-corrected chi connectivity index (χ3v) is 5.32. The Labute approximate surface area is 153 Å². The minimum Gasteiger partial charge on any atom is -0.504 e. The van der Waals surface area contributed by atoms with Crippen LogP contribution in [0.3, 0.4) is 0 Å². The van der Waals surface area contributed by atoms with Crippen LogP contribution >= 0.6 is 0 Å². The molecule has 0 unspecified atom stereocenters. The molecule has 26 heavy (non-hydrogen) atoms. The van der Waals surface area contributed by atoms with E-state index in [0.29, 0.717) is 31.4 Å². The molecule has 1 aliphatic carbocycles. The fourth-order valence-electron chi connectivity index (χ4n) is 3.86. The van der Waals surface area contributed by atoms with Gasteiger partial charge in [-0.3, -0.25) is 9.78 Å². The van der Waals surface area contributed by atoms with E-state index < -0.39 is 0 Å². The second-order valence-electron chi connectivity index (χ2n) is 7.22. The Morgan fingerprint density at radius 3 is 3.04 bits per heavy atom. The number of nitrogens with zero attached hydrogens (tertiary/aromatic N) is 2. The number of aromatic hydroxyl groups is 1. The van der Waals surface area contributed by atoms with Gasteiger partial charge in [0.25, 0.3) is 0 Å². The zero-order valence-corrected chi connectivity index (χ0v) is 15.0. The van der Waals surface area contributed by atoms with E-state index in [9.17, 15) is 9.90 Å². The quantitative estimate of drug-likeness (QED) is 0.913. The first-order valence-electron chi connectivity index (χ1n) is 9.35. The maximum Gasteiger partial charge on any atom is 0.226 e. The number of carbonyl (C=O) groups is 1. The van der Waals surface area contributed by atoms with Crippen molar-refractivity contribution >= 4 is 5.91 Å². The highest BCUT2D eigenvalue weighted by Crippen LogP contribution is 2.44. The van der Waals surface area contributed by atoms with Gasteiger partial charge in [0.1, 0.15) is 6.61 Å². The van der Waals surface area contributed by atoms with Crippen LogP contribution in [0.1, 0.15) is 31.7 Å². The Hall–Kier alpha value is -2.56. The molecule has 0 spiro atoms. The van der Waals surface area contributed by atoms with Crippen LogP contribution in [0, 0.1) is 11.8 Å². The first-order valence-corrected chi connectivity index (χ1v) is 9.35. The molecule has 136 valence electrons. The molecule has 1 aromatic heterocycles. The molecule has 2 aromatic rings. The number of phenols is 1. The highest BCUT2D eigenvalue weighted by molar-refractivity contribution is 5.82. The van der Waals surface area contributed by atoms with Gasteiger partial charge >= 0.3 is 0 Å². The maximum atomic E-state index is 12.8. The van der Waals surface area contributed by atoms with E-state index in [4.69, 9.17) is 4.74 Å². The molecule has 5 nitrogen and oxygen atoms in total. The largest absolute Gasteiger partial charge is 0.504 e. The third kappa shape index (κ3) is 3.26. The zero-order chi connectivity index (χ0) is 18.1. The molecule has 1 saturated carbocycles. The molecule has 4 rings (SSSR count). The fourth-order valence-corrected chi connectivity index (χ4v) is 3.86. The summed E-state index contributed by atoms with van der Waals surface area (Å²) >= 11 is 0. The second kappa shape index (κ2) is 6.98. The Bertz CT molecular complexity index is 806. The van der Waals surface area contributed by atoms with Crippen molar-refractivity contribution in [2.75, 3.05) is 13.2 Å². The number of ether oxygens (including phenoxy) is 1. The summed E-state index contributed by atoms with van der Waals surface area (Å²) in [5, 5.41) is 10.4. The summed E-state index contributed by atoms with van der Waals surface area (Å²) in [7, 11) is 0. The maximum absolute atomic E-state index is 12.8. The van der Waals surface area contributed by atoms with Crippen molar-refractivity contribution in [3.63, 3.8) is 0 Å². The molecular weight excluding hydrogens is 328 g/mol. The Kier molecular flexibility index (Phi) is 4.53. The van der Waals surface area contributed by atoms with Crippen LogP contribution in [0.4, 0.5) is 0 Å². The normalized spacial score (nSPS) is 21.5. The van der Waals surface area contributed by atoms with E-state index in [1.807, 2.05) is 23.1 Å². The summed E-state index contributed by atoms with van der Waals surface area (Å²) in [6, 6.07) is 7.51. The lowest BCUT2D eigenvalue weighted by Gasteiger charge is -2.20. The van der Waals surface area contributed by atoms with Crippen molar-refractivity contribution in [2.45, 2.75) is 32.7 Å². The standard InChI is InChI=1S/C21H24N2O3/c1-2-4-14-10-18(14)21(25)23-7-8-26-20-17(13-23)9-16(11-19(20)24)15-5-3-6-22-12-15/h3,5-6,9,11-12,14,18,24H,2,4,7-8,10,13H2,1H3/t14-,18+/m1/s1. The van der Waals surface area contributed by atoms with Gasteiger partial charge in [-0.25, -0.2) is 0 Å². The van der Waals surface area contributed by atoms with Crippen molar-refractivity contribution in [3.8, 4) is 22.6 Å². The van der Waals surface area contributed by atoms with E-state index in [1.54, 1.807) is 18.5 Å². The molecule has 1 fully saturated rings. The summed E-state index contributed by atoms with van der Waals surface area (Å²) in [4.78, 5) is 18.9. The minimum absolute atomic E-state index is 0.117. The molecule has 1 aromatic carbocycles. The molecule has 0 saturated heterocycles. The average Bonchev–Trinajstić information content (AvgIpc) is 3.44. The molecule has 2 heterocycles. The van der Waals surface area contributed by atoms with Crippen molar-refractivity contribution in [1.82, 2.24) is 9.88 Å². The molecular formula is C21H24N2O3. The van der Waals surface area contributed by atoms with Gasteiger partial charge in [0, 0.05) is 36.0 Å². The number of fused-ring (bicyclic) bond motifs is 1. The van der Waals surface area contributed by atoms with Gasteiger partial charge in [0.2, 0.25) is 5.91 Å². The van der Waals surface area contributed by atoms with Crippen LogP contribution in [0.5, 0.6) is 11.5 Å². The van der Waals surface area contributed by atoms with Crippen LogP contribution in [0.15, 0.2) is 36.7 Å². The van der Waals surface area contributed by atoms with Crippen LogP contribution in [0.2, 0.25) is 0 Å². The smallest absolute Gasteiger partial charge is 0.226 e. The molecule has 0 bridgehead atoms. The highest BCUT2D eigenvalue weighted by atomic mass is 16.5. The Balaban J connectivity index is 1.59. The predicted octanol–water partition coefficient (Wildman–Crippen LogP) is 3.61. The molecule has 5 heteroatoms. The van der Waals surface area contributed by atoms with E-state index in [0.717, 1.165) is 36.0 Å². The second-order valence-corrected chi connectivity index (χ2v) is 7.22. The van der Waals surface area contributed by atoms with Crippen LogP contribution < -0.4 is 4.74 Å². The molecule has 2 atom stereocenters. The summed E-state index contributed by atoms with van der Waals surface area (Å²) in [6.45, 7) is 3.61. The summed E-state index contributed by atoms with van der Waals surface area (Å²) in [6.07, 6.45) is 6.75. The number of pyridine rings is 1. The number of hydrogen-bond donors (Lipinski definition) is 1. The van der Waals surface area contributed by atoms with Gasteiger partial charge in [-0.15, -0.1) is 0 Å². The lowest BCUT2D eigenvalue weighted by molar-refractivity contribution is -0.133. The number of carbonyl (C=O) groups excluding carboxylic acids is 1. The minimum atomic E-state index is 0.117. The number of benzene rings is 1. The summed E-state index contributed by atoms with van der Waals surface area (Å²) in [5.74, 6) is 1.56. The van der Waals surface area contributed by atoms with E-state index >= 15 is 0 Å². The number of phenolic OH excluding ortho intramolecular Hbond substituents is 1. The predicted molar refractivity (Wildman–Crippen MR) is 98.8 cm³/mol. The van der Waals surface area contributed by atoms with Crippen LogP contribution in [-0.4, -0.2) is 34.0 Å². The van der Waals surface area contributed by atoms with Crippen molar-refractivity contribution in [3.05, 3.63) is 42.2 Å². The summed E-state index contributed by atoms with van der Waals surface area (Å²) in [5.41, 5.74) is 2.66. The lowest BCUT2D eigenvalue weighted by Crippen LogP contribution is -2.34. The Morgan fingerprint density at radius 1 is 1.38 bits per heavy atom. The lowest BCUT2D eigenvalue weighted by atomic mass is 10.0. The van der Waals surface area contributed by atoms with Crippen molar-refractivity contribution < 1.29 is 14.6 Å². The SMILES string of the molecule is CCC[C@@H]1C[C@@H]1C(=O)N1CCOc2c(O)cc(-c3cccnc3)cc2C1.